The van der Waals surface area contributed by atoms with Gasteiger partial charge in [-0.2, -0.15) is 0 Å². The minimum Gasteiger partial charge on any atom is -0.489 e. The molecule has 6 rings (SSSR count). The number of carbonyl (C=O) groups is 1. The van der Waals surface area contributed by atoms with Gasteiger partial charge in [0.25, 0.3) is 5.91 Å². The highest BCUT2D eigenvalue weighted by Gasteiger charge is 2.35. The summed E-state index contributed by atoms with van der Waals surface area (Å²) in [5.74, 6) is -0.0342. The predicted octanol–water partition coefficient (Wildman–Crippen LogP) is 5.58. The van der Waals surface area contributed by atoms with Gasteiger partial charge in [-0.15, -0.1) is 0 Å². The summed E-state index contributed by atoms with van der Waals surface area (Å²) in [7, 11) is 1.70. The molecule has 3 aromatic rings. The molecule has 1 saturated carbocycles. The normalized spacial score (nSPS) is 18.2. The monoisotopic (exact) mass is 577 g/mol. The highest BCUT2D eigenvalue weighted by atomic mass is 35.5. The maximum absolute atomic E-state index is 14.0. The molecular weight excluding hydrogens is 545 g/mol. The number of oxime groups is 1. The Balaban J connectivity index is 1.25. The van der Waals surface area contributed by atoms with Gasteiger partial charge in [0.05, 0.1) is 17.2 Å². The lowest BCUT2D eigenvalue weighted by atomic mass is 9.95. The molecule has 2 atom stereocenters. The van der Waals surface area contributed by atoms with Crippen LogP contribution in [-0.4, -0.2) is 65.4 Å². The minimum absolute atomic E-state index is 0.184. The molecule has 1 amide bonds. The Morgan fingerprint density at radius 1 is 1.12 bits per heavy atom. The molecule has 1 N–H and O–H groups in total. The number of halogens is 2. The van der Waals surface area contributed by atoms with Crippen molar-refractivity contribution in [2.45, 2.75) is 50.5 Å². The molecule has 0 aromatic heterocycles. The van der Waals surface area contributed by atoms with Crippen LogP contribution in [0.2, 0.25) is 5.02 Å². The van der Waals surface area contributed by atoms with E-state index in [4.69, 9.17) is 21.2 Å². The molecule has 0 radical (unpaired) electrons. The Labute approximate surface area is 244 Å². The summed E-state index contributed by atoms with van der Waals surface area (Å²) in [4.78, 5) is 23.3. The van der Waals surface area contributed by atoms with Crippen LogP contribution < -0.4 is 4.74 Å². The second-order valence-corrected chi connectivity index (χ2v) is 11.4. The smallest absolute Gasteiger partial charge is 0.276 e. The number of fused-ring (bicyclic) bond motifs is 1. The third kappa shape index (κ3) is 6.10. The average Bonchev–Trinajstić information content (AvgIpc) is 3.66. The molecule has 1 aliphatic carbocycles. The van der Waals surface area contributed by atoms with E-state index in [0.717, 1.165) is 55.5 Å². The molecule has 1 saturated heterocycles. The molecule has 9 heteroatoms. The quantitative estimate of drug-likeness (QED) is 0.359. The van der Waals surface area contributed by atoms with E-state index >= 15 is 0 Å². The number of amides is 1. The van der Waals surface area contributed by atoms with E-state index in [1.165, 1.54) is 12.1 Å². The number of carbonyl (C=O) groups excluding carboxylic acids is 1. The van der Waals surface area contributed by atoms with Crippen LogP contribution in [-0.2, 0) is 16.2 Å². The predicted molar refractivity (Wildman–Crippen MR) is 155 cm³/mol. The molecule has 3 aliphatic rings. The molecule has 3 aromatic carbocycles. The van der Waals surface area contributed by atoms with Crippen LogP contribution in [0.1, 0.15) is 48.5 Å². The zero-order valence-electron chi connectivity index (χ0n) is 22.9. The van der Waals surface area contributed by atoms with Gasteiger partial charge in [-0.05, 0) is 85.8 Å². The number of likely N-dealkylation sites (tertiary alicyclic amines) is 1. The van der Waals surface area contributed by atoms with Crippen molar-refractivity contribution >= 4 is 23.2 Å². The summed E-state index contributed by atoms with van der Waals surface area (Å²) < 4.78 is 19.3. The number of ether oxygens (including phenoxy) is 1. The van der Waals surface area contributed by atoms with E-state index in [0.29, 0.717) is 28.4 Å². The molecule has 2 unspecified atom stereocenters. The van der Waals surface area contributed by atoms with Gasteiger partial charge >= 0.3 is 0 Å². The summed E-state index contributed by atoms with van der Waals surface area (Å²) in [6.45, 7) is 2.56. The van der Waals surface area contributed by atoms with E-state index in [1.807, 2.05) is 24.3 Å². The highest BCUT2D eigenvalue weighted by Crippen LogP contribution is 2.35. The SMILES string of the molecule is CN(C(=O)C1=NOCc2cc(-c3ccc(F)cc3)ccc21)C(CN1CCCC1)C(O)c1ccc(OC2CC2)c(Cl)c1. The van der Waals surface area contributed by atoms with Gasteiger partial charge < -0.3 is 24.5 Å². The van der Waals surface area contributed by atoms with Crippen LogP contribution >= 0.6 is 11.6 Å². The van der Waals surface area contributed by atoms with Crippen molar-refractivity contribution in [3.05, 3.63) is 88.2 Å². The number of rotatable bonds is 9. The first-order chi connectivity index (χ1) is 19.9. The molecule has 2 aliphatic heterocycles. The van der Waals surface area contributed by atoms with E-state index in [1.54, 1.807) is 36.2 Å². The highest BCUT2D eigenvalue weighted by molar-refractivity contribution is 6.45. The Morgan fingerprint density at radius 2 is 1.85 bits per heavy atom. The van der Waals surface area contributed by atoms with Gasteiger partial charge in [0, 0.05) is 24.7 Å². The van der Waals surface area contributed by atoms with Crippen molar-refractivity contribution in [2.24, 2.45) is 5.16 Å². The standard InChI is InChI=1S/C32H33ClFN3O4/c1-36(32(39)30-26-12-6-21(16-23(26)19-40-35-30)20-4-8-24(34)9-5-20)28(18-37-14-2-3-15-37)31(38)22-7-13-29(27(33)17-22)41-25-10-11-25/h4-9,12-13,16-17,25,28,31,38H,2-3,10-11,14-15,18-19H2,1H3. The summed E-state index contributed by atoms with van der Waals surface area (Å²) in [6, 6.07) is 16.7. The lowest BCUT2D eigenvalue weighted by molar-refractivity contribution is -0.128. The van der Waals surface area contributed by atoms with Crippen LogP contribution in [0.25, 0.3) is 11.1 Å². The van der Waals surface area contributed by atoms with Crippen LogP contribution in [0.3, 0.4) is 0 Å². The van der Waals surface area contributed by atoms with Gasteiger partial charge in [-0.1, -0.05) is 47.1 Å². The number of hydrogen-bond acceptors (Lipinski definition) is 6. The van der Waals surface area contributed by atoms with Crippen LogP contribution in [0.4, 0.5) is 4.39 Å². The lowest BCUT2D eigenvalue weighted by Gasteiger charge is -2.35. The van der Waals surface area contributed by atoms with E-state index < -0.39 is 12.1 Å². The molecular formula is C32H33ClFN3O4. The number of aliphatic hydroxyl groups is 1. The first kappa shape index (κ1) is 27.7. The van der Waals surface area contributed by atoms with Crippen LogP contribution in [0.5, 0.6) is 5.75 Å². The van der Waals surface area contributed by atoms with Gasteiger partial charge in [0.15, 0.2) is 5.71 Å². The van der Waals surface area contributed by atoms with Crippen molar-refractivity contribution in [2.75, 3.05) is 26.7 Å². The first-order valence-electron chi connectivity index (χ1n) is 14.1. The van der Waals surface area contributed by atoms with E-state index in [2.05, 4.69) is 10.1 Å². The van der Waals surface area contributed by atoms with Crippen LogP contribution in [0.15, 0.2) is 65.8 Å². The fourth-order valence-electron chi connectivity index (χ4n) is 5.50. The Hall–Kier alpha value is -3.46. The van der Waals surface area contributed by atoms with E-state index in [-0.39, 0.29) is 30.1 Å². The van der Waals surface area contributed by atoms with Crippen molar-refractivity contribution < 1.29 is 23.9 Å². The summed E-state index contributed by atoms with van der Waals surface area (Å²) in [5, 5.41) is 16.2. The zero-order valence-corrected chi connectivity index (χ0v) is 23.7. The maximum Gasteiger partial charge on any atom is 0.276 e. The van der Waals surface area contributed by atoms with Gasteiger partial charge in [0.2, 0.25) is 0 Å². The van der Waals surface area contributed by atoms with Gasteiger partial charge in [-0.25, -0.2) is 4.39 Å². The largest absolute Gasteiger partial charge is 0.489 e. The average molecular weight is 578 g/mol. The second-order valence-electron chi connectivity index (χ2n) is 11.0. The molecule has 0 bridgehead atoms. The number of hydrogen-bond donors (Lipinski definition) is 1. The first-order valence-corrected chi connectivity index (χ1v) is 14.5. The molecule has 41 heavy (non-hydrogen) atoms. The van der Waals surface area contributed by atoms with Crippen molar-refractivity contribution in [1.29, 1.82) is 0 Å². The molecule has 2 fully saturated rings. The Bertz CT molecular complexity index is 1450. The molecule has 0 spiro atoms. The molecule has 214 valence electrons. The number of benzene rings is 3. The third-order valence-corrected chi connectivity index (χ3v) is 8.35. The summed E-state index contributed by atoms with van der Waals surface area (Å²) in [6.07, 6.45) is 3.45. The second kappa shape index (κ2) is 11.8. The molecule has 2 heterocycles. The third-order valence-electron chi connectivity index (χ3n) is 8.06. The van der Waals surface area contributed by atoms with Gasteiger partial charge in [0.1, 0.15) is 24.3 Å². The van der Waals surface area contributed by atoms with Crippen LogP contribution in [0, 0.1) is 5.82 Å². The zero-order chi connectivity index (χ0) is 28.5. The Morgan fingerprint density at radius 3 is 2.56 bits per heavy atom. The number of likely N-dealkylation sites (N-methyl/N-ethyl adjacent to an activating group) is 1. The van der Waals surface area contributed by atoms with Crippen molar-refractivity contribution in [1.82, 2.24) is 9.80 Å². The number of nitrogens with zero attached hydrogens (tertiary/aromatic N) is 3. The van der Waals surface area contributed by atoms with Gasteiger partial charge in [-0.3, -0.25) is 4.79 Å². The van der Waals surface area contributed by atoms with E-state index in [9.17, 15) is 14.3 Å². The number of aliphatic hydroxyl groups excluding tert-OH is 1. The van der Waals surface area contributed by atoms with Crippen molar-refractivity contribution in [3.8, 4) is 16.9 Å². The van der Waals surface area contributed by atoms with Crippen molar-refractivity contribution in [3.63, 3.8) is 0 Å². The minimum atomic E-state index is -0.984. The fraction of sp³-hybridized carbons (Fsp3) is 0.375. The molecule has 7 nitrogen and oxygen atoms in total. The maximum atomic E-state index is 14.0. The fourth-order valence-corrected chi connectivity index (χ4v) is 5.74. The topological polar surface area (TPSA) is 74.6 Å². The Kier molecular flexibility index (Phi) is 7.97. The lowest BCUT2D eigenvalue weighted by Crippen LogP contribution is -2.50. The summed E-state index contributed by atoms with van der Waals surface area (Å²) in [5.41, 5.74) is 4.05. The summed E-state index contributed by atoms with van der Waals surface area (Å²) >= 11 is 6.52.